The Balaban J connectivity index is 1.76. The molecule has 5 atom stereocenters. The maximum atomic E-state index is 12.2. The monoisotopic (exact) mass is 328 g/mol. The first-order chi connectivity index (χ1) is 11.5. The van der Waals surface area contributed by atoms with Crippen molar-refractivity contribution in [2.45, 2.75) is 58.8 Å². The average molecular weight is 328 g/mol. The predicted molar refractivity (Wildman–Crippen MR) is 92.3 cm³/mol. The lowest BCUT2D eigenvalue weighted by atomic mass is 9.54. The van der Waals surface area contributed by atoms with Crippen LogP contribution in [0.5, 0.6) is 0 Å². The molecular weight excluding hydrogens is 300 g/mol. The van der Waals surface area contributed by atoms with Crippen molar-refractivity contribution in [3.05, 3.63) is 22.8 Å². The number of allylic oxidation sites excluding steroid dienone is 3. The van der Waals surface area contributed by atoms with Gasteiger partial charge in [0.25, 0.3) is 0 Å². The molecular formula is C21H28O3. The first-order valence-electron chi connectivity index (χ1n) is 9.53. The number of fused-ring (bicyclic) bond motifs is 4. The molecule has 0 aliphatic heterocycles. The van der Waals surface area contributed by atoms with E-state index in [0.717, 1.165) is 44.1 Å². The summed E-state index contributed by atoms with van der Waals surface area (Å²) in [5.41, 5.74) is 4.21. The first kappa shape index (κ1) is 16.3. The fourth-order valence-corrected chi connectivity index (χ4v) is 6.51. The summed E-state index contributed by atoms with van der Waals surface area (Å²) in [6.45, 7) is 4.23. The Kier molecular flexibility index (Phi) is 3.83. The molecule has 3 nitrogen and oxygen atoms in total. The van der Waals surface area contributed by atoms with E-state index in [1.165, 1.54) is 5.57 Å². The van der Waals surface area contributed by atoms with Gasteiger partial charge in [0.05, 0.1) is 0 Å². The van der Waals surface area contributed by atoms with Gasteiger partial charge in [0, 0.05) is 24.9 Å². The lowest BCUT2D eigenvalue weighted by molar-refractivity contribution is -0.125. The van der Waals surface area contributed by atoms with E-state index >= 15 is 0 Å². The largest absolute Gasteiger partial charge is 0.396 e. The fraction of sp³-hybridized carbons (Fsp3) is 0.714. The van der Waals surface area contributed by atoms with Gasteiger partial charge in [-0.25, -0.2) is 0 Å². The van der Waals surface area contributed by atoms with Gasteiger partial charge in [-0.2, -0.15) is 0 Å². The molecule has 0 saturated heterocycles. The summed E-state index contributed by atoms with van der Waals surface area (Å²) in [7, 11) is 0. The standard InChI is InChI=1S/C21H28O3/c1-12(23)19-5-6-20-18-9-13(11-22)17-10-14(24)3-4-15(17)16(18)7-8-21(19,20)2/h10,13,18-20,22H,3-9,11H2,1-2H3/t13-,18-,19-,20+,21-/m1/s1. The molecule has 0 aromatic rings. The van der Waals surface area contributed by atoms with Crippen molar-refractivity contribution in [2.75, 3.05) is 6.61 Å². The third kappa shape index (κ3) is 2.20. The van der Waals surface area contributed by atoms with Crippen LogP contribution in [0.3, 0.4) is 0 Å². The van der Waals surface area contributed by atoms with E-state index in [4.69, 9.17) is 0 Å². The lowest BCUT2D eigenvalue weighted by Gasteiger charge is -2.50. The quantitative estimate of drug-likeness (QED) is 0.842. The molecule has 0 aromatic heterocycles. The molecule has 0 bridgehead atoms. The molecule has 4 aliphatic rings. The number of carbonyl (C=O) groups is 2. The van der Waals surface area contributed by atoms with Crippen LogP contribution in [0.15, 0.2) is 22.8 Å². The third-order valence-corrected chi connectivity index (χ3v) is 7.64. The molecule has 24 heavy (non-hydrogen) atoms. The van der Waals surface area contributed by atoms with Crippen molar-refractivity contribution >= 4 is 11.6 Å². The lowest BCUT2D eigenvalue weighted by Crippen LogP contribution is -2.43. The normalized spacial score (nSPS) is 41.5. The zero-order chi connectivity index (χ0) is 17.1. The van der Waals surface area contributed by atoms with Crippen molar-refractivity contribution in [1.29, 1.82) is 0 Å². The second kappa shape index (κ2) is 5.66. The molecule has 2 fully saturated rings. The van der Waals surface area contributed by atoms with Crippen molar-refractivity contribution in [3.63, 3.8) is 0 Å². The van der Waals surface area contributed by atoms with Crippen molar-refractivity contribution in [2.24, 2.45) is 29.1 Å². The van der Waals surface area contributed by atoms with Crippen LogP contribution >= 0.6 is 0 Å². The summed E-state index contributed by atoms with van der Waals surface area (Å²) in [5.74, 6) is 1.96. The highest BCUT2D eigenvalue weighted by molar-refractivity contribution is 5.93. The van der Waals surface area contributed by atoms with E-state index < -0.39 is 0 Å². The van der Waals surface area contributed by atoms with E-state index in [9.17, 15) is 14.7 Å². The maximum Gasteiger partial charge on any atom is 0.156 e. The minimum absolute atomic E-state index is 0.108. The number of aliphatic hydroxyl groups excluding tert-OH is 1. The van der Waals surface area contributed by atoms with Crippen molar-refractivity contribution < 1.29 is 14.7 Å². The summed E-state index contributed by atoms with van der Waals surface area (Å²) in [6, 6.07) is 0. The Labute approximate surface area is 144 Å². The van der Waals surface area contributed by atoms with E-state index in [0.29, 0.717) is 24.0 Å². The average Bonchev–Trinajstić information content (AvgIpc) is 2.91. The molecule has 1 N–H and O–H groups in total. The zero-order valence-electron chi connectivity index (χ0n) is 14.8. The molecule has 0 unspecified atom stereocenters. The summed E-state index contributed by atoms with van der Waals surface area (Å²) >= 11 is 0. The van der Waals surface area contributed by atoms with Crippen LogP contribution in [0, 0.1) is 29.1 Å². The van der Waals surface area contributed by atoms with Crippen LogP contribution in [0.2, 0.25) is 0 Å². The summed E-state index contributed by atoms with van der Waals surface area (Å²) in [6.07, 6.45) is 8.57. The Hall–Kier alpha value is -1.22. The summed E-state index contributed by atoms with van der Waals surface area (Å²) < 4.78 is 0. The van der Waals surface area contributed by atoms with Gasteiger partial charge in [0.1, 0.15) is 5.78 Å². The van der Waals surface area contributed by atoms with Crippen LogP contribution < -0.4 is 0 Å². The molecule has 3 heteroatoms. The Morgan fingerprint density at radius 1 is 1.29 bits per heavy atom. The second-order valence-corrected chi connectivity index (χ2v) is 8.64. The second-order valence-electron chi connectivity index (χ2n) is 8.64. The van der Waals surface area contributed by atoms with Gasteiger partial charge in [-0.15, -0.1) is 0 Å². The number of rotatable bonds is 2. The SMILES string of the molecule is CC(=O)[C@H]1CC[C@H]2[C@@H]3C[C@H](CO)C4=CC(=O)CCC4=C3CC[C@]12C. The number of Topliss-reactive ketones (excluding diaryl/α,β-unsaturated/α-hetero) is 1. The molecule has 4 aliphatic carbocycles. The van der Waals surface area contributed by atoms with Crippen LogP contribution in [-0.2, 0) is 9.59 Å². The Morgan fingerprint density at radius 2 is 2.08 bits per heavy atom. The Morgan fingerprint density at radius 3 is 2.79 bits per heavy atom. The van der Waals surface area contributed by atoms with E-state index in [-0.39, 0.29) is 29.6 Å². The molecule has 4 rings (SSSR count). The van der Waals surface area contributed by atoms with Crippen LogP contribution in [0.1, 0.15) is 58.8 Å². The van der Waals surface area contributed by atoms with E-state index in [1.807, 2.05) is 6.08 Å². The highest BCUT2D eigenvalue weighted by Gasteiger charge is 2.55. The van der Waals surface area contributed by atoms with Crippen LogP contribution in [-0.4, -0.2) is 23.3 Å². The highest BCUT2D eigenvalue weighted by Crippen LogP contribution is 2.62. The first-order valence-corrected chi connectivity index (χ1v) is 9.53. The van der Waals surface area contributed by atoms with E-state index in [2.05, 4.69) is 6.92 Å². The molecule has 0 amide bonds. The van der Waals surface area contributed by atoms with Crippen molar-refractivity contribution in [1.82, 2.24) is 0 Å². The van der Waals surface area contributed by atoms with Gasteiger partial charge in [-0.05, 0) is 79.9 Å². The maximum absolute atomic E-state index is 12.2. The summed E-state index contributed by atoms with van der Waals surface area (Å²) in [5, 5.41) is 9.92. The fourth-order valence-electron chi connectivity index (χ4n) is 6.51. The zero-order valence-corrected chi connectivity index (χ0v) is 14.8. The predicted octanol–water partition coefficient (Wildman–Crippen LogP) is 3.62. The topological polar surface area (TPSA) is 54.4 Å². The van der Waals surface area contributed by atoms with Crippen LogP contribution in [0.4, 0.5) is 0 Å². The molecule has 130 valence electrons. The highest BCUT2D eigenvalue weighted by atomic mass is 16.3. The number of hydrogen-bond donors (Lipinski definition) is 1. The molecule has 0 heterocycles. The smallest absolute Gasteiger partial charge is 0.156 e. The van der Waals surface area contributed by atoms with E-state index in [1.54, 1.807) is 12.5 Å². The van der Waals surface area contributed by atoms with Crippen LogP contribution in [0.25, 0.3) is 0 Å². The van der Waals surface area contributed by atoms with Gasteiger partial charge in [0.15, 0.2) is 5.78 Å². The Bertz CT molecular complexity index is 656. The molecule has 2 saturated carbocycles. The van der Waals surface area contributed by atoms with Gasteiger partial charge in [0.2, 0.25) is 0 Å². The van der Waals surface area contributed by atoms with Gasteiger partial charge in [-0.1, -0.05) is 12.5 Å². The van der Waals surface area contributed by atoms with Gasteiger partial charge >= 0.3 is 0 Å². The minimum Gasteiger partial charge on any atom is -0.396 e. The number of aliphatic hydroxyl groups is 1. The molecule has 0 spiro atoms. The number of ketones is 2. The molecule has 0 aromatic carbocycles. The van der Waals surface area contributed by atoms with Gasteiger partial charge < -0.3 is 5.11 Å². The minimum atomic E-state index is 0.108. The number of carbonyl (C=O) groups excluding carboxylic acids is 2. The third-order valence-electron chi connectivity index (χ3n) is 7.64. The van der Waals surface area contributed by atoms with Crippen molar-refractivity contribution in [3.8, 4) is 0 Å². The number of hydrogen-bond acceptors (Lipinski definition) is 3. The van der Waals surface area contributed by atoms with Gasteiger partial charge in [-0.3, -0.25) is 9.59 Å². The summed E-state index contributed by atoms with van der Waals surface area (Å²) in [4.78, 5) is 24.0. The molecule has 0 radical (unpaired) electrons.